The molecule has 1 aliphatic heterocycles. The molecule has 0 unspecified atom stereocenters. The molecule has 1 saturated heterocycles. The number of aliphatic carboxylic acids is 2. The van der Waals surface area contributed by atoms with Crippen LogP contribution in [0.4, 0.5) is 0 Å². The van der Waals surface area contributed by atoms with Gasteiger partial charge >= 0.3 is 17.9 Å². The number of allylic oxidation sites excluding steroid dienone is 2. The van der Waals surface area contributed by atoms with Gasteiger partial charge < -0.3 is 19.7 Å². The Bertz CT molecular complexity index is 828. The Kier molecular flexibility index (Phi) is 15.4. The van der Waals surface area contributed by atoms with Crippen molar-refractivity contribution in [2.45, 2.75) is 33.6 Å². The number of benzene rings is 1. The number of carboxylic acid groups (broad SMARTS) is 2. The summed E-state index contributed by atoms with van der Waals surface area (Å²) in [6, 6.07) is 9.73. The van der Waals surface area contributed by atoms with Gasteiger partial charge in [-0.2, -0.15) is 0 Å². The molecule has 1 aromatic rings. The normalized spacial score (nSPS) is 12.6. The first-order valence-corrected chi connectivity index (χ1v) is 10.2. The lowest BCUT2D eigenvalue weighted by Crippen LogP contribution is -2.08. The van der Waals surface area contributed by atoms with Crippen LogP contribution in [0.1, 0.15) is 39.2 Å². The number of carbonyl (C=O) groups is 3. The van der Waals surface area contributed by atoms with Crippen LogP contribution in [0.3, 0.4) is 0 Å². The molecule has 0 spiro atoms. The zero-order chi connectivity index (χ0) is 24.4. The van der Waals surface area contributed by atoms with E-state index >= 15 is 0 Å². The van der Waals surface area contributed by atoms with Gasteiger partial charge in [0.05, 0.1) is 25.4 Å². The lowest BCUT2D eigenvalue weighted by atomic mass is 10.2. The van der Waals surface area contributed by atoms with Crippen molar-refractivity contribution in [2.24, 2.45) is 0 Å². The first-order valence-electron chi connectivity index (χ1n) is 10.2. The van der Waals surface area contributed by atoms with Crippen LogP contribution in [0.15, 0.2) is 71.9 Å². The fourth-order valence-corrected chi connectivity index (χ4v) is 1.72. The summed E-state index contributed by atoms with van der Waals surface area (Å²) in [7, 11) is 0. The Morgan fingerprint density at radius 2 is 1.62 bits per heavy atom. The maximum atomic E-state index is 11.2. The van der Waals surface area contributed by atoms with Crippen LogP contribution >= 0.6 is 0 Å². The molecule has 0 bridgehead atoms. The third kappa shape index (κ3) is 16.4. The van der Waals surface area contributed by atoms with Gasteiger partial charge in [0.2, 0.25) is 0 Å². The van der Waals surface area contributed by atoms with Crippen molar-refractivity contribution in [1.82, 2.24) is 0 Å². The molecule has 32 heavy (non-hydrogen) atoms. The van der Waals surface area contributed by atoms with Gasteiger partial charge in [0, 0.05) is 11.1 Å². The second-order valence-corrected chi connectivity index (χ2v) is 6.68. The van der Waals surface area contributed by atoms with Gasteiger partial charge in [-0.3, -0.25) is 0 Å². The SMILES string of the molecule is C1CO1.C=C(C=C(C)C(=O)O)C(=O)OCCCC.CC(=CC=Cc1ccccc1)C(=O)O. The minimum atomic E-state index is -1.07. The summed E-state index contributed by atoms with van der Waals surface area (Å²) in [5, 5.41) is 17.1. The maximum Gasteiger partial charge on any atom is 0.337 e. The van der Waals surface area contributed by atoms with Gasteiger partial charge in [-0.05, 0) is 31.9 Å². The monoisotopic (exact) mass is 444 g/mol. The van der Waals surface area contributed by atoms with Crippen molar-refractivity contribution in [3.8, 4) is 0 Å². The summed E-state index contributed by atoms with van der Waals surface area (Å²) in [4.78, 5) is 32.1. The van der Waals surface area contributed by atoms with Gasteiger partial charge in [-0.1, -0.05) is 68.5 Å². The zero-order valence-corrected chi connectivity index (χ0v) is 18.9. The molecule has 2 N–H and O–H groups in total. The summed E-state index contributed by atoms with van der Waals surface area (Å²) < 4.78 is 9.35. The van der Waals surface area contributed by atoms with Crippen molar-refractivity contribution >= 4 is 24.0 Å². The number of epoxide rings is 1. The van der Waals surface area contributed by atoms with Gasteiger partial charge in [-0.25, -0.2) is 14.4 Å². The maximum absolute atomic E-state index is 11.2. The minimum absolute atomic E-state index is 0.0611. The van der Waals surface area contributed by atoms with Gasteiger partial charge in [-0.15, -0.1) is 0 Å². The molecule has 0 aromatic heterocycles. The molecule has 0 saturated carbocycles. The summed E-state index contributed by atoms with van der Waals surface area (Å²) >= 11 is 0. The fraction of sp³-hybridized carbons (Fsp3) is 0.320. The van der Waals surface area contributed by atoms with E-state index in [2.05, 4.69) is 11.3 Å². The second kappa shape index (κ2) is 17.3. The van der Waals surface area contributed by atoms with Crippen LogP contribution in [-0.2, 0) is 23.9 Å². The standard InChI is InChI=1S/C12H12O2.C11H16O4.C2H4O/c1-10(12(13)14)6-5-9-11-7-3-2-4-8-11;1-4-5-6-15-11(14)9(3)7-8(2)10(12)13;1-2-3-1/h2-9H,1H3,(H,13,14);7H,3-6H2,1-2H3,(H,12,13);1-2H2. The van der Waals surface area contributed by atoms with Crippen LogP contribution in [0, 0.1) is 0 Å². The third-order valence-electron chi connectivity index (χ3n) is 3.70. The molecule has 7 nitrogen and oxygen atoms in total. The van der Waals surface area contributed by atoms with Gasteiger partial charge in [0.1, 0.15) is 0 Å². The van der Waals surface area contributed by atoms with Gasteiger partial charge in [0.15, 0.2) is 0 Å². The molecule has 2 rings (SSSR count). The Hall–Kier alpha value is -3.45. The van der Waals surface area contributed by atoms with Crippen molar-refractivity contribution < 1.29 is 34.1 Å². The highest BCUT2D eigenvalue weighted by Gasteiger charge is 2.08. The predicted octanol–water partition coefficient (Wildman–Crippen LogP) is 4.66. The molecular formula is C25H32O7. The smallest absolute Gasteiger partial charge is 0.337 e. The molecule has 1 heterocycles. The topological polar surface area (TPSA) is 113 Å². The number of carbonyl (C=O) groups excluding carboxylic acids is 1. The van der Waals surface area contributed by atoms with E-state index in [0.717, 1.165) is 31.6 Å². The van der Waals surface area contributed by atoms with Crippen molar-refractivity contribution in [2.75, 3.05) is 19.8 Å². The molecular weight excluding hydrogens is 412 g/mol. The largest absolute Gasteiger partial charge is 0.478 e. The van der Waals surface area contributed by atoms with E-state index < -0.39 is 17.9 Å². The van der Waals surface area contributed by atoms with E-state index in [1.807, 2.05) is 43.3 Å². The van der Waals surface area contributed by atoms with E-state index in [4.69, 9.17) is 14.9 Å². The third-order valence-corrected chi connectivity index (χ3v) is 3.70. The average molecular weight is 445 g/mol. The quantitative estimate of drug-likeness (QED) is 0.187. The molecule has 0 aliphatic carbocycles. The highest BCUT2D eigenvalue weighted by Crippen LogP contribution is 2.04. The number of carboxylic acids is 2. The average Bonchev–Trinajstić information content (AvgIpc) is 3.64. The van der Waals surface area contributed by atoms with Crippen LogP contribution in [0.5, 0.6) is 0 Å². The Labute approximate surface area is 189 Å². The Morgan fingerprint density at radius 1 is 1.06 bits per heavy atom. The summed E-state index contributed by atoms with van der Waals surface area (Å²) in [6.07, 6.45) is 8.11. The Balaban J connectivity index is 0.000000528. The van der Waals surface area contributed by atoms with Crippen molar-refractivity contribution in [3.63, 3.8) is 0 Å². The van der Waals surface area contributed by atoms with E-state index in [-0.39, 0.29) is 11.1 Å². The molecule has 0 radical (unpaired) electrons. The molecule has 1 aliphatic rings. The zero-order valence-electron chi connectivity index (χ0n) is 18.9. The van der Waals surface area contributed by atoms with E-state index in [1.54, 1.807) is 19.1 Å². The minimum Gasteiger partial charge on any atom is -0.478 e. The number of hydrogen-bond acceptors (Lipinski definition) is 5. The molecule has 0 atom stereocenters. The van der Waals surface area contributed by atoms with Crippen LogP contribution < -0.4 is 0 Å². The number of unbranched alkanes of at least 4 members (excludes halogenated alkanes) is 1. The highest BCUT2D eigenvalue weighted by atomic mass is 16.6. The predicted molar refractivity (Wildman–Crippen MR) is 124 cm³/mol. The summed E-state index contributed by atoms with van der Waals surface area (Å²) in [5.74, 6) is -2.52. The molecule has 1 fully saturated rings. The second-order valence-electron chi connectivity index (χ2n) is 6.68. The van der Waals surface area contributed by atoms with E-state index in [0.29, 0.717) is 12.2 Å². The molecule has 174 valence electrons. The van der Waals surface area contributed by atoms with Crippen LogP contribution in [0.2, 0.25) is 0 Å². The first kappa shape index (κ1) is 28.5. The number of rotatable bonds is 9. The van der Waals surface area contributed by atoms with Crippen LogP contribution in [-0.4, -0.2) is 47.9 Å². The van der Waals surface area contributed by atoms with Crippen molar-refractivity contribution in [3.05, 3.63) is 77.4 Å². The number of ether oxygens (including phenoxy) is 2. The van der Waals surface area contributed by atoms with Crippen molar-refractivity contribution in [1.29, 1.82) is 0 Å². The highest BCUT2D eigenvalue weighted by molar-refractivity contribution is 5.94. The number of hydrogen-bond donors (Lipinski definition) is 2. The first-order chi connectivity index (χ1) is 15.2. The Morgan fingerprint density at radius 3 is 2.09 bits per heavy atom. The lowest BCUT2D eigenvalue weighted by Gasteiger charge is -2.03. The molecule has 1 aromatic carbocycles. The van der Waals surface area contributed by atoms with E-state index in [9.17, 15) is 14.4 Å². The summed E-state index contributed by atoms with van der Waals surface area (Å²) in [5.41, 5.74) is 1.51. The summed E-state index contributed by atoms with van der Waals surface area (Å²) in [6.45, 7) is 10.7. The fourth-order valence-electron chi connectivity index (χ4n) is 1.72. The van der Waals surface area contributed by atoms with E-state index in [1.165, 1.54) is 13.0 Å². The van der Waals surface area contributed by atoms with Crippen LogP contribution in [0.25, 0.3) is 6.08 Å². The van der Waals surface area contributed by atoms with Gasteiger partial charge in [0.25, 0.3) is 0 Å². The molecule has 7 heteroatoms. The lowest BCUT2D eigenvalue weighted by molar-refractivity contribution is -0.138. The molecule has 0 amide bonds. The number of esters is 1.